The highest BCUT2D eigenvalue weighted by Gasteiger charge is 2.16. The van der Waals surface area contributed by atoms with Gasteiger partial charge in [-0.25, -0.2) is 4.79 Å². The number of benzene rings is 1. The minimum atomic E-state index is -0.384. The summed E-state index contributed by atoms with van der Waals surface area (Å²) < 4.78 is 21.0. The van der Waals surface area contributed by atoms with Gasteiger partial charge in [0.05, 0.1) is 32.7 Å². The second kappa shape index (κ2) is 8.09. The first-order chi connectivity index (χ1) is 11.2. The van der Waals surface area contributed by atoms with Gasteiger partial charge in [-0.05, 0) is 24.3 Å². The Morgan fingerprint density at radius 1 is 1.17 bits per heavy atom. The Morgan fingerprint density at radius 2 is 2.00 bits per heavy atom. The van der Waals surface area contributed by atoms with Crippen LogP contribution in [0.3, 0.4) is 0 Å². The monoisotopic (exact) mass is 320 g/mol. The van der Waals surface area contributed by atoms with Gasteiger partial charge in [-0.3, -0.25) is 0 Å². The SMILES string of the molecule is COc1cccc(NC(=O)NC[C@@H](OC)c2ccco2)c1OC. The third kappa shape index (κ3) is 4.17. The summed E-state index contributed by atoms with van der Waals surface area (Å²) in [6.45, 7) is 0.266. The summed E-state index contributed by atoms with van der Waals surface area (Å²) in [5.41, 5.74) is 0.510. The lowest BCUT2D eigenvalue weighted by molar-refractivity contribution is 0.0855. The first-order valence-electron chi connectivity index (χ1n) is 7.01. The summed E-state index contributed by atoms with van der Waals surface area (Å²) in [7, 11) is 4.60. The molecule has 0 unspecified atom stereocenters. The Hall–Kier alpha value is -2.67. The number of furan rings is 1. The number of hydrogen-bond acceptors (Lipinski definition) is 5. The molecule has 124 valence electrons. The minimum Gasteiger partial charge on any atom is -0.493 e. The Balaban J connectivity index is 1.97. The Labute approximate surface area is 134 Å². The molecule has 0 aliphatic carbocycles. The van der Waals surface area contributed by atoms with Crippen LogP contribution in [0.15, 0.2) is 41.0 Å². The van der Waals surface area contributed by atoms with E-state index in [0.717, 1.165) is 0 Å². The molecule has 1 aromatic carbocycles. The lowest BCUT2D eigenvalue weighted by atomic mass is 10.2. The molecule has 0 aliphatic rings. The first-order valence-corrected chi connectivity index (χ1v) is 7.01. The van der Waals surface area contributed by atoms with Crippen molar-refractivity contribution in [3.63, 3.8) is 0 Å². The van der Waals surface area contributed by atoms with Gasteiger partial charge in [0.25, 0.3) is 0 Å². The molecule has 1 atom stereocenters. The molecule has 23 heavy (non-hydrogen) atoms. The van der Waals surface area contributed by atoms with Gasteiger partial charge in [0.1, 0.15) is 11.9 Å². The summed E-state index contributed by atoms with van der Waals surface area (Å²) in [6, 6.07) is 8.41. The fourth-order valence-corrected chi connectivity index (χ4v) is 2.11. The molecule has 1 heterocycles. The summed E-state index contributed by atoms with van der Waals surface area (Å²) in [6.07, 6.45) is 1.20. The highest BCUT2D eigenvalue weighted by Crippen LogP contribution is 2.34. The van der Waals surface area contributed by atoms with Crippen molar-refractivity contribution in [1.82, 2.24) is 5.32 Å². The van der Waals surface area contributed by atoms with Crippen LogP contribution in [-0.4, -0.2) is 33.9 Å². The van der Waals surface area contributed by atoms with Crippen molar-refractivity contribution in [3.05, 3.63) is 42.4 Å². The fraction of sp³-hybridized carbons (Fsp3) is 0.312. The van der Waals surface area contributed by atoms with Crippen LogP contribution in [-0.2, 0) is 4.74 Å². The molecule has 0 saturated heterocycles. The highest BCUT2D eigenvalue weighted by molar-refractivity contribution is 5.91. The first kappa shape index (κ1) is 16.7. The molecule has 0 saturated carbocycles. The van der Waals surface area contributed by atoms with Gasteiger partial charge < -0.3 is 29.3 Å². The van der Waals surface area contributed by atoms with Crippen LogP contribution in [0, 0.1) is 0 Å². The molecular weight excluding hydrogens is 300 g/mol. The fourth-order valence-electron chi connectivity index (χ4n) is 2.11. The van der Waals surface area contributed by atoms with E-state index in [0.29, 0.717) is 22.9 Å². The molecule has 0 fully saturated rings. The van der Waals surface area contributed by atoms with E-state index >= 15 is 0 Å². The molecule has 0 bridgehead atoms. The number of para-hydroxylation sites is 1. The zero-order chi connectivity index (χ0) is 16.7. The summed E-state index contributed by atoms with van der Waals surface area (Å²) in [5, 5.41) is 5.45. The third-order valence-electron chi connectivity index (χ3n) is 3.24. The normalized spacial score (nSPS) is 11.6. The van der Waals surface area contributed by atoms with Gasteiger partial charge in [0, 0.05) is 7.11 Å². The number of ether oxygens (including phenoxy) is 3. The lowest BCUT2D eigenvalue weighted by Gasteiger charge is -2.16. The van der Waals surface area contributed by atoms with E-state index in [1.165, 1.54) is 14.2 Å². The number of methoxy groups -OCH3 is 3. The van der Waals surface area contributed by atoms with Crippen LogP contribution < -0.4 is 20.1 Å². The summed E-state index contributed by atoms with van der Waals surface area (Å²) >= 11 is 0. The zero-order valence-corrected chi connectivity index (χ0v) is 13.3. The molecule has 1 aromatic heterocycles. The van der Waals surface area contributed by atoms with E-state index in [2.05, 4.69) is 10.6 Å². The van der Waals surface area contributed by atoms with Gasteiger partial charge >= 0.3 is 6.03 Å². The van der Waals surface area contributed by atoms with E-state index in [4.69, 9.17) is 18.6 Å². The quantitative estimate of drug-likeness (QED) is 0.820. The maximum atomic E-state index is 12.1. The second-order valence-corrected chi connectivity index (χ2v) is 4.62. The molecule has 7 nitrogen and oxygen atoms in total. The van der Waals surface area contributed by atoms with Crippen LogP contribution in [0.4, 0.5) is 10.5 Å². The number of nitrogens with one attached hydrogen (secondary N) is 2. The van der Waals surface area contributed by atoms with Crippen LogP contribution >= 0.6 is 0 Å². The van der Waals surface area contributed by atoms with Crippen molar-refractivity contribution < 1.29 is 23.4 Å². The molecule has 0 aliphatic heterocycles. The largest absolute Gasteiger partial charge is 0.493 e. The topological polar surface area (TPSA) is 82.0 Å². The molecule has 2 rings (SSSR count). The molecule has 0 spiro atoms. The minimum absolute atomic E-state index is 0.266. The second-order valence-electron chi connectivity index (χ2n) is 4.62. The number of rotatable bonds is 7. The molecule has 2 aromatic rings. The number of hydrogen-bond donors (Lipinski definition) is 2. The van der Waals surface area contributed by atoms with Crippen molar-refractivity contribution in [2.24, 2.45) is 0 Å². The number of urea groups is 1. The number of amides is 2. The predicted molar refractivity (Wildman–Crippen MR) is 85.0 cm³/mol. The average Bonchev–Trinajstić information content (AvgIpc) is 3.09. The Morgan fingerprint density at radius 3 is 2.61 bits per heavy atom. The Bertz CT molecular complexity index is 627. The van der Waals surface area contributed by atoms with Crippen molar-refractivity contribution >= 4 is 11.7 Å². The zero-order valence-electron chi connectivity index (χ0n) is 13.3. The van der Waals surface area contributed by atoms with E-state index in [9.17, 15) is 4.79 Å². The van der Waals surface area contributed by atoms with Crippen LogP contribution in [0.1, 0.15) is 11.9 Å². The van der Waals surface area contributed by atoms with Crippen molar-refractivity contribution in [3.8, 4) is 11.5 Å². The van der Waals surface area contributed by atoms with E-state index in [1.54, 1.807) is 43.7 Å². The van der Waals surface area contributed by atoms with Gasteiger partial charge in [-0.1, -0.05) is 6.07 Å². The predicted octanol–water partition coefficient (Wildman–Crippen LogP) is 2.81. The maximum absolute atomic E-state index is 12.1. The number of carbonyl (C=O) groups is 1. The van der Waals surface area contributed by atoms with Crippen LogP contribution in [0.25, 0.3) is 0 Å². The summed E-state index contributed by atoms with van der Waals surface area (Å²) in [4.78, 5) is 12.1. The van der Waals surface area contributed by atoms with Crippen LogP contribution in [0.5, 0.6) is 11.5 Å². The van der Waals surface area contributed by atoms with Crippen molar-refractivity contribution in [2.45, 2.75) is 6.10 Å². The molecular formula is C16H20N2O5. The molecule has 2 N–H and O–H groups in total. The van der Waals surface area contributed by atoms with Gasteiger partial charge in [0.15, 0.2) is 11.5 Å². The maximum Gasteiger partial charge on any atom is 0.319 e. The van der Waals surface area contributed by atoms with Gasteiger partial charge in [-0.15, -0.1) is 0 Å². The highest BCUT2D eigenvalue weighted by atomic mass is 16.5. The van der Waals surface area contributed by atoms with Crippen molar-refractivity contribution in [2.75, 3.05) is 33.2 Å². The van der Waals surface area contributed by atoms with E-state index < -0.39 is 0 Å². The molecule has 2 amide bonds. The molecule has 0 radical (unpaired) electrons. The average molecular weight is 320 g/mol. The Kier molecular flexibility index (Phi) is 5.87. The number of anilines is 1. The van der Waals surface area contributed by atoms with E-state index in [-0.39, 0.29) is 18.7 Å². The third-order valence-corrected chi connectivity index (χ3v) is 3.24. The summed E-state index contributed by atoms with van der Waals surface area (Å²) in [5.74, 6) is 1.64. The standard InChI is InChI=1S/C16H20N2O5/c1-20-13-7-4-6-11(15(13)22-3)18-16(19)17-10-14(21-2)12-8-5-9-23-12/h4-9,14H,10H2,1-3H3,(H2,17,18,19)/t14-/m1/s1. The van der Waals surface area contributed by atoms with Gasteiger partial charge in [0.2, 0.25) is 0 Å². The number of carbonyl (C=O) groups excluding carboxylic acids is 1. The van der Waals surface area contributed by atoms with Crippen molar-refractivity contribution in [1.29, 1.82) is 0 Å². The van der Waals surface area contributed by atoms with E-state index in [1.807, 2.05) is 0 Å². The molecule has 7 heteroatoms. The smallest absolute Gasteiger partial charge is 0.319 e. The lowest BCUT2D eigenvalue weighted by Crippen LogP contribution is -2.33. The van der Waals surface area contributed by atoms with Crippen LogP contribution in [0.2, 0.25) is 0 Å². The van der Waals surface area contributed by atoms with Gasteiger partial charge in [-0.2, -0.15) is 0 Å².